The number of nitrogens with two attached hydrogens (primary N) is 1. The lowest BCUT2D eigenvalue weighted by molar-refractivity contribution is 0.102. The Kier molecular flexibility index (Phi) is 5.95. The van der Waals surface area contributed by atoms with E-state index in [0.29, 0.717) is 5.75 Å². The van der Waals surface area contributed by atoms with Gasteiger partial charge in [0.2, 0.25) is 10.0 Å². The maximum Gasteiger partial charge on any atom is 0.333 e. The number of amides is 1. The smallest absolute Gasteiger partial charge is 0.333 e. The number of hydrogen-bond donors (Lipinski definition) is 3. The first-order valence-corrected chi connectivity index (χ1v) is 10.2. The van der Waals surface area contributed by atoms with Crippen LogP contribution < -0.4 is 31.2 Å². The Hall–Kier alpha value is -3.90. The number of aromatic amines is 1. The summed E-state index contributed by atoms with van der Waals surface area (Å²) in [6.07, 6.45) is 0.996. The fourth-order valence-corrected chi connectivity index (χ4v) is 3.28. The van der Waals surface area contributed by atoms with Crippen molar-refractivity contribution < 1.29 is 22.7 Å². The molecule has 3 rings (SSSR count). The predicted molar refractivity (Wildman–Crippen MR) is 112 cm³/mol. The van der Waals surface area contributed by atoms with E-state index in [1.54, 1.807) is 0 Å². The molecular formula is C19H18N4O7S. The van der Waals surface area contributed by atoms with Crippen molar-refractivity contribution in [1.29, 1.82) is 0 Å². The van der Waals surface area contributed by atoms with Crippen LogP contribution in [0.1, 0.15) is 10.4 Å². The highest BCUT2D eigenvalue weighted by molar-refractivity contribution is 7.89. The SMILES string of the molecule is COc1ccc(-n2c(=O)[nH]cc(C(=O)Nc3ccc(S(N)(=O)=O)cc3)c2=O)cc1OC. The number of sulfonamides is 1. The maximum atomic E-state index is 12.9. The number of rotatable bonds is 6. The zero-order valence-electron chi connectivity index (χ0n) is 16.4. The summed E-state index contributed by atoms with van der Waals surface area (Å²) in [6.45, 7) is 0. The van der Waals surface area contributed by atoms with Crippen molar-refractivity contribution in [2.45, 2.75) is 4.90 Å². The van der Waals surface area contributed by atoms with Gasteiger partial charge in [-0.15, -0.1) is 0 Å². The Balaban J connectivity index is 1.98. The van der Waals surface area contributed by atoms with Gasteiger partial charge in [-0.25, -0.2) is 22.9 Å². The molecule has 31 heavy (non-hydrogen) atoms. The number of carbonyl (C=O) groups excluding carboxylic acids is 1. The summed E-state index contributed by atoms with van der Waals surface area (Å²) in [4.78, 5) is 40.0. The third-order valence-corrected chi connectivity index (χ3v) is 5.22. The Morgan fingerprint density at radius 3 is 2.26 bits per heavy atom. The predicted octanol–water partition coefficient (Wildman–Crippen LogP) is 0.443. The lowest BCUT2D eigenvalue weighted by Crippen LogP contribution is -2.38. The van der Waals surface area contributed by atoms with Crippen LogP contribution in [-0.2, 0) is 10.0 Å². The molecule has 0 aliphatic rings. The van der Waals surface area contributed by atoms with Crippen LogP contribution in [0.4, 0.5) is 5.69 Å². The second kappa shape index (κ2) is 8.45. The molecule has 0 atom stereocenters. The molecule has 0 unspecified atom stereocenters. The second-order valence-electron chi connectivity index (χ2n) is 6.21. The molecule has 0 aliphatic carbocycles. The van der Waals surface area contributed by atoms with E-state index >= 15 is 0 Å². The molecule has 0 saturated heterocycles. The monoisotopic (exact) mass is 446 g/mol. The lowest BCUT2D eigenvalue weighted by Gasteiger charge is -2.11. The van der Waals surface area contributed by atoms with Crippen LogP contribution in [0.15, 0.2) is 63.1 Å². The van der Waals surface area contributed by atoms with E-state index in [9.17, 15) is 22.8 Å². The molecule has 12 heteroatoms. The molecule has 0 saturated carbocycles. The normalized spacial score (nSPS) is 11.1. The molecule has 0 bridgehead atoms. The number of nitrogens with one attached hydrogen (secondary N) is 2. The zero-order chi connectivity index (χ0) is 22.8. The van der Waals surface area contributed by atoms with Crippen LogP contribution in [0.2, 0.25) is 0 Å². The lowest BCUT2D eigenvalue weighted by atomic mass is 10.2. The molecule has 0 fully saturated rings. The van der Waals surface area contributed by atoms with E-state index in [0.717, 1.165) is 10.8 Å². The van der Waals surface area contributed by atoms with E-state index in [1.165, 1.54) is 56.7 Å². The summed E-state index contributed by atoms with van der Waals surface area (Å²) in [5.41, 5.74) is -1.58. The van der Waals surface area contributed by atoms with Gasteiger partial charge < -0.3 is 19.8 Å². The number of H-pyrrole nitrogens is 1. The van der Waals surface area contributed by atoms with Crippen LogP contribution in [0, 0.1) is 0 Å². The number of anilines is 1. The number of carbonyl (C=O) groups is 1. The molecule has 0 radical (unpaired) electrons. The van der Waals surface area contributed by atoms with Crippen molar-refractivity contribution in [1.82, 2.24) is 9.55 Å². The van der Waals surface area contributed by atoms with E-state index in [-0.39, 0.29) is 27.6 Å². The molecule has 4 N–H and O–H groups in total. The van der Waals surface area contributed by atoms with Gasteiger partial charge in [-0.3, -0.25) is 9.59 Å². The van der Waals surface area contributed by atoms with Crippen LogP contribution in [-0.4, -0.2) is 38.1 Å². The van der Waals surface area contributed by atoms with Crippen molar-refractivity contribution >= 4 is 21.6 Å². The highest BCUT2D eigenvalue weighted by atomic mass is 32.2. The summed E-state index contributed by atoms with van der Waals surface area (Å²) in [7, 11) is -1.04. The van der Waals surface area contributed by atoms with Crippen LogP contribution in [0.25, 0.3) is 5.69 Å². The first-order valence-electron chi connectivity index (χ1n) is 8.67. The number of hydrogen-bond acceptors (Lipinski definition) is 7. The van der Waals surface area contributed by atoms with Gasteiger partial charge in [0.1, 0.15) is 5.56 Å². The Bertz CT molecular complexity index is 1360. The minimum Gasteiger partial charge on any atom is -0.493 e. The molecule has 162 valence electrons. The molecule has 0 aliphatic heterocycles. The summed E-state index contributed by atoms with van der Waals surface area (Å²) in [5.74, 6) is -0.123. The zero-order valence-corrected chi connectivity index (χ0v) is 17.2. The fourth-order valence-electron chi connectivity index (χ4n) is 2.76. The summed E-state index contributed by atoms with van der Waals surface area (Å²) < 4.78 is 33.7. The molecular weight excluding hydrogens is 428 g/mol. The van der Waals surface area contributed by atoms with Gasteiger partial charge in [0, 0.05) is 18.0 Å². The molecule has 0 spiro atoms. The van der Waals surface area contributed by atoms with Crippen LogP contribution in [0.3, 0.4) is 0 Å². The average molecular weight is 446 g/mol. The van der Waals surface area contributed by atoms with Gasteiger partial charge >= 0.3 is 5.69 Å². The number of ether oxygens (including phenoxy) is 2. The van der Waals surface area contributed by atoms with Gasteiger partial charge in [-0.2, -0.15) is 0 Å². The molecule has 11 nitrogen and oxygen atoms in total. The van der Waals surface area contributed by atoms with Crippen LogP contribution in [0.5, 0.6) is 11.5 Å². The highest BCUT2D eigenvalue weighted by Gasteiger charge is 2.17. The number of aromatic nitrogens is 2. The molecule has 1 heterocycles. The van der Waals surface area contributed by atoms with Gasteiger partial charge in [0.25, 0.3) is 11.5 Å². The van der Waals surface area contributed by atoms with E-state index < -0.39 is 27.2 Å². The third kappa shape index (κ3) is 4.49. The standard InChI is InChI=1S/C19H18N4O7S/c1-29-15-8-5-12(9-16(15)30-2)23-18(25)14(10-21-19(23)26)17(24)22-11-3-6-13(7-4-11)31(20,27)28/h3-10H,1-2H3,(H,21,26)(H,22,24)(H2,20,27,28). The molecule has 1 aromatic heterocycles. The first-order chi connectivity index (χ1) is 14.7. The molecule has 3 aromatic rings. The fraction of sp³-hybridized carbons (Fsp3) is 0.105. The van der Waals surface area contributed by atoms with Gasteiger partial charge in [-0.1, -0.05) is 0 Å². The average Bonchev–Trinajstić information content (AvgIpc) is 2.73. The minimum absolute atomic E-state index is 0.134. The first kappa shape index (κ1) is 21.8. The van der Waals surface area contributed by atoms with Gasteiger partial charge in [0.05, 0.1) is 24.8 Å². The van der Waals surface area contributed by atoms with Crippen molar-refractivity contribution in [3.8, 4) is 17.2 Å². The maximum absolute atomic E-state index is 12.9. The van der Waals surface area contributed by atoms with Crippen molar-refractivity contribution in [2.75, 3.05) is 19.5 Å². The quantitative estimate of drug-likeness (QED) is 0.495. The number of primary sulfonamides is 1. The minimum atomic E-state index is -3.88. The van der Waals surface area contributed by atoms with E-state index in [2.05, 4.69) is 10.3 Å². The van der Waals surface area contributed by atoms with E-state index in [1.807, 2.05) is 0 Å². The van der Waals surface area contributed by atoms with Crippen molar-refractivity contribution in [3.63, 3.8) is 0 Å². The molecule has 2 aromatic carbocycles. The Labute approximate surface area is 176 Å². The second-order valence-corrected chi connectivity index (χ2v) is 7.77. The number of benzene rings is 2. The van der Waals surface area contributed by atoms with Crippen molar-refractivity contribution in [2.24, 2.45) is 5.14 Å². The highest BCUT2D eigenvalue weighted by Crippen LogP contribution is 2.28. The Morgan fingerprint density at radius 2 is 1.68 bits per heavy atom. The van der Waals surface area contributed by atoms with Crippen LogP contribution >= 0.6 is 0 Å². The third-order valence-electron chi connectivity index (χ3n) is 4.29. The van der Waals surface area contributed by atoms with E-state index in [4.69, 9.17) is 14.6 Å². The number of methoxy groups -OCH3 is 2. The summed E-state index contributed by atoms with van der Waals surface area (Å²) in [5, 5.41) is 7.50. The number of nitrogens with zero attached hydrogens (tertiary/aromatic N) is 1. The van der Waals surface area contributed by atoms with Crippen molar-refractivity contribution in [3.05, 3.63) is 75.1 Å². The largest absolute Gasteiger partial charge is 0.493 e. The molecule has 1 amide bonds. The summed E-state index contributed by atoms with van der Waals surface area (Å²) in [6, 6.07) is 9.44. The van der Waals surface area contributed by atoms with Gasteiger partial charge in [-0.05, 0) is 36.4 Å². The summed E-state index contributed by atoms with van der Waals surface area (Å²) >= 11 is 0. The topological polar surface area (TPSA) is 163 Å². The Morgan fingerprint density at radius 1 is 1.03 bits per heavy atom. The van der Waals surface area contributed by atoms with Gasteiger partial charge in [0.15, 0.2) is 11.5 Å².